The van der Waals surface area contributed by atoms with Crippen LogP contribution >= 0.6 is 0 Å². The van der Waals surface area contributed by atoms with Crippen LogP contribution in [0.3, 0.4) is 0 Å². The maximum Gasteiger partial charge on any atom is 0.303 e. The van der Waals surface area contributed by atoms with Gasteiger partial charge in [-0.3, -0.25) is 19.2 Å². The molecule has 4 atom stereocenters. The summed E-state index contributed by atoms with van der Waals surface area (Å²) in [7, 11) is 0. The van der Waals surface area contributed by atoms with Crippen molar-refractivity contribution in [2.75, 3.05) is 12.3 Å². The third-order valence-electron chi connectivity index (χ3n) is 4.08. The maximum absolute atomic E-state index is 12.0. The number of aromatic nitrogens is 4. The van der Waals surface area contributed by atoms with Gasteiger partial charge in [0.05, 0.1) is 0 Å². The molecule has 13 nitrogen and oxygen atoms in total. The Hall–Kier alpha value is -3.48. The third kappa shape index (κ3) is 4.18. The zero-order valence-electron chi connectivity index (χ0n) is 15.8. The zero-order valence-corrected chi connectivity index (χ0v) is 15.8. The number of hydrogen-bond donors (Lipinski definition) is 2. The van der Waals surface area contributed by atoms with Gasteiger partial charge in [-0.15, -0.1) is 5.10 Å². The van der Waals surface area contributed by atoms with E-state index in [4.69, 9.17) is 24.7 Å². The smallest absolute Gasteiger partial charge is 0.303 e. The van der Waals surface area contributed by atoms with E-state index in [9.17, 15) is 19.2 Å². The highest BCUT2D eigenvalue weighted by Gasteiger charge is 2.51. The van der Waals surface area contributed by atoms with Gasteiger partial charge in [0.1, 0.15) is 24.0 Å². The van der Waals surface area contributed by atoms with Gasteiger partial charge in [-0.25, -0.2) is 4.68 Å². The molecule has 2 aromatic heterocycles. The average Bonchev–Trinajstić information content (AvgIpc) is 3.15. The Kier molecular flexibility index (Phi) is 5.50. The van der Waals surface area contributed by atoms with Gasteiger partial charge in [-0.1, -0.05) is 5.21 Å². The predicted octanol–water partition coefficient (Wildman–Crippen LogP) is -0.974. The highest BCUT2D eigenvalue weighted by Crippen LogP contribution is 2.35. The van der Waals surface area contributed by atoms with Gasteiger partial charge in [0.15, 0.2) is 24.0 Å². The summed E-state index contributed by atoms with van der Waals surface area (Å²) in [5, 5.41) is 7.71. The number of H-pyrrole nitrogens is 1. The molecular weight excluding hydrogens is 390 g/mol. The minimum Gasteiger partial charge on any atom is -0.463 e. The standard InChI is InChI=1S/C16H19N5O8/c1-6(22)26-5-10-13(27-7(2)23)14(28-8(3)24)16(29-10)21-9-4-11(17)18-15(25)12(9)19-20-21/h4,10,13-14,16H,5H2,1-3H3,(H3,17,18,25)/t10-,13+,14-,16-/m1/s1. The van der Waals surface area contributed by atoms with Crippen molar-refractivity contribution in [2.24, 2.45) is 0 Å². The fourth-order valence-corrected chi connectivity index (χ4v) is 3.05. The Labute approximate surface area is 163 Å². The Bertz CT molecular complexity index is 1010. The number of rotatable bonds is 5. The molecule has 0 saturated carbocycles. The highest BCUT2D eigenvalue weighted by atomic mass is 16.7. The van der Waals surface area contributed by atoms with Gasteiger partial charge >= 0.3 is 17.9 Å². The number of nitrogen functional groups attached to an aromatic ring is 1. The lowest BCUT2D eigenvalue weighted by molar-refractivity contribution is -0.166. The van der Waals surface area contributed by atoms with Gasteiger partial charge in [-0.2, -0.15) is 0 Å². The molecular formula is C16H19N5O8. The molecule has 3 rings (SSSR count). The second-order valence-corrected chi connectivity index (χ2v) is 6.34. The molecule has 29 heavy (non-hydrogen) atoms. The molecule has 13 heteroatoms. The van der Waals surface area contributed by atoms with E-state index in [1.54, 1.807) is 0 Å². The van der Waals surface area contributed by atoms with E-state index >= 15 is 0 Å². The van der Waals surface area contributed by atoms with Gasteiger partial charge in [0.25, 0.3) is 5.56 Å². The molecule has 0 amide bonds. The van der Waals surface area contributed by atoms with Gasteiger partial charge < -0.3 is 29.7 Å². The Balaban J connectivity index is 2.05. The van der Waals surface area contributed by atoms with Crippen molar-refractivity contribution in [3.05, 3.63) is 16.4 Å². The van der Waals surface area contributed by atoms with Gasteiger partial charge in [0.2, 0.25) is 0 Å². The minimum atomic E-state index is -1.15. The SMILES string of the molecule is CC(=O)OC[C@H]1O[C@@H](n2nnc3c(=O)[nH]c(N)cc32)[C@H](OC(C)=O)[C@H]1OC(C)=O. The van der Waals surface area contributed by atoms with E-state index in [0.29, 0.717) is 0 Å². The molecule has 1 saturated heterocycles. The Morgan fingerprint density at radius 2 is 1.83 bits per heavy atom. The zero-order chi connectivity index (χ0) is 21.3. The maximum atomic E-state index is 12.0. The topological polar surface area (TPSA) is 178 Å². The molecule has 0 spiro atoms. The summed E-state index contributed by atoms with van der Waals surface area (Å²) in [6, 6.07) is 1.41. The number of carbonyl (C=O) groups excluding carboxylic acids is 3. The number of nitrogens with two attached hydrogens (primary N) is 1. The molecule has 0 aromatic carbocycles. The second-order valence-electron chi connectivity index (χ2n) is 6.34. The summed E-state index contributed by atoms with van der Waals surface area (Å²) in [5.41, 5.74) is 5.32. The van der Waals surface area contributed by atoms with Crippen LogP contribution in [0.5, 0.6) is 0 Å². The van der Waals surface area contributed by atoms with E-state index in [-0.39, 0.29) is 23.5 Å². The second kappa shape index (κ2) is 7.87. The van der Waals surface area contributed by atoms with Crippen LogP contribution in [0.1, 0.15) is 27.0 Å². The van der Waals surface area contributed by atoms with E-state index in [1.165, 1.54) is 31.5 Å². The van der Waals surface area contributed by atoms with E-state index in [0.717, 1.165) is 0 Å². The lowest BCUT2D eigenvalue weighted by atomic mass is 10.1. The highest BCUT2D eigenvalue weighted by molar-refractivity contribution is 5.76. The number of esters is 3. The first-order valence-electron chi connectivity index (χ1n) is 8.54. The van der Waals surface area contributed by atoms with E-state index in [1.807, 2.05) is 0 Å². The lowest BCUT2D eigenvalue weighted by Crippen LogP contribution is -2.40. The summed E-state index contributed by atoms with van der Waals surface area (Å²) in [6.45, 7) is 3.28. The number of nitrogens with one attached hydrogen (secondary N) is 1. The first-order valence-corrected chi connectivity index (χ1v) is 8.54. The van der Waals surface area contributed by atoms with Crippen molar-refractivity contribution in [1.82, 2.24) is 20.0 Å². The molecule has 0 radical (unpaired) electrons. The normalized spacial score (nSPS) is 23.7. The number of carbonyl (C=O) groups is 3. The predicted molar refractivity (Wildman–Crippen MR) is 94.2 cm³/mol. The molecule has 3 heterocycles. The molecule has 1 aliphatic rings. The fraction of sp³-hybridized carbons (Fsp3) is 0.500. The van der Waals surface area contributed by atoms with Crippen LogP contribution in [0.15, 0.2) is 10.9 Å². The van der Waals surface area contributed by atoms with Crippen LogP contribution in [0.4, 0.5) is 5.82 Å². The molecule has 0 unspecified atom stereocenters. The molecule has 0 bridgehead atoms. The Morgan fingerprint density at radius 3 is 2.45 bits per heavy atom. The first kappa shape index (κ1) is 20.3. The molecule has 1 aliphatic heterocycles. The van der Waals surface area contributed by atoms with Crippen molar-refractivity contribution in [2.45, 2.75) is 45.3 Å². The molecule has 2 aromatic rings. The summed E-state index contributed by atoms with van der Waals surface area (Å²) in [5.74, 6) is -1.85. The van der Waals surface area contributed by atoms with Crippen molar-refractivity contribution in [1.29, 1.82) is 0 Å². The first-order chi connectivity index (χ1) is 13.7. The Morgan fingerprint density at radius 1 is 1.17 bits per heavy atom. The third-order valence-corrected chi connectivity index (χ3v) is 4.08. The number of ether oxygens (including phenoxy) is 4. The summed E-state index contributed by atoms with van der Waals surface area (Å²) in [4.78, 5) is 48.9. The lowest BCUT2D eigenvalue weighted by Gasteiger charge is -2.23. The molecule has 1 fully saturated rings. The van der Waals surface area contributed by atoms with Crippen LogP contribution in [-0.4, -0.2) is 62.8 Å². The molecule has 3 N–H and O–H groups in total. The van der Waals surface area contributed by atoms with Crippen molar-refractivity contribution in [3.8, 4) is 0 Å². The van der Waals surface area contributed by atoms with Gasteiger partial charge in [-0.05, 0) is 0 Å². The summed E-state index contributed by atoms with van der Waals surface area (Å²) < 4.78 is 22.6. The number of nitrogens with zero attached hydrogens (tertiary/aromatic N) is 3. The molecule has 156 valence electrons. The quantitative estimate of drug-likeness (QED) is 0.458. The summed E-state index contributed by atoms with van der Waals surface area (Å²) >= 11 is 0. The van der Waals surface area contributed by atoms with E-state index in [2.05, 4.69) is 15.3 Å². The van der Waals surface area contributed by atoms with Crippen LogP contribution in [-0.2, 0) is 33.3 Å². The van der Waals surface area contributed by atoms with Crippen molar-refractivity contribution >= 4 is 34.8 Å². The van der Waals surface area contributed by atoms with Crippen molar-refractivity contribution < 1.29 is 33.3 Å². The summed E-state index contributed by atoms with van der Waals surface area (Å²) in [6.07, 6.45) is -4.34. The number of aromatic amines is 1. The average molecular weight is 409 g/mol. The number of anilines is 1. The van der Waals surface area contributed by atoms with Crippen LogP contribution < -0.4 is 11.3 Å². The van der Waals surface area contributed by atoms with Gasteiger partial charge in [0, 0.05) is 26.8 Å². The molecule has 0 aliphatic carbocycles. The monoisotopic (exact) mass is 409 g/mol. The van der Waals surface area contributed by atoms with Crippen LogP contribution in [0.2, 0.25) is 0 Å². The fourth-order valence-electron chi connectivity index (χ4n) is 3.05. The van der Waals surface area contributed by atoms with E-state index < -0.39 is 48.0 Å². The van der Waals surface area contributed by atoms with Crippen molar-refractivity contribution in [3.63, 3.8) is 0 Å². The minimum absolute atomic E-state index is 0.0168. The van der Waals surface area contributed by atoms with Crippen LogP contribution in [0, 0.1) is 0 Å². The van der Waals surface area contributed by atoms with Crippen LogP contribution in [0.25, 0.3) is 11.0 Å². The number of hydrogen-bond acceptors (Lipinski definition) is 11. The number of pyridine rings is 1. The number of fused-ring (bicyclic) bond motifs is 1. The largest absolute Gasteiger partial charge is 0.463 e.